The van der Waals surface area contributed by atoms with Gasteiger partial charge in [-0.2, -0.15) is 0 Å². The van der Waals surface area contributed by atoms with Crippen molar-refractivity contribution >= 4 is 28.5 Å². The lowest BCUT2D eigenvalue weighted by molar-refractivity contribution is -0.124. The van der Waals surface area contributed by atoms with Crippen LogP contribution >= 0.6 is 11.6 Å². The van der Waals surface area contributed by atoms with E-state index in [1.807, 2.05) is 6.92 Å². The summed E-state index contributed by atoms with van der Waals surface area (Å²) in [6.07, 6.45) is 6.32. The number of aryl methyl sites for hydroxylation is 1. The van der Waals surface area contributed by atoms with Crippen LogP contribution in [0.5, 0.6) is 0 Å². The highest BCUT2D eigenvalue weighted by Crippen LogP contribution is 2.38. The van der Waals surface area contributed by atoms with E-state index in [-0.39, 0.29) is 11.8 Å². The van der Waals surface area contributed by atoms with Gasteiger partial charge in [-0.05, 0) is 31.7 Å². The Morgan fingerprint density at radius 1 is 1.45 bits per heavy atom. The minimum absolute atomic E-state index is 0.0973. The minimum atomic E-state index is 0.0973. The van der Waals surface area contributed by atoms with E-state index in [2.05, 4.69) is 26.0 Å². The van der Waals surface area contributed by atoms with E-state index in [0.29, 0.717) is 11.2 Å². The normalized spacial score (nSPS) is 22.4. The number of hydrogen-bond donors (Lipinski definition) is 1. The van der Waals surface area contributed by atoms with E-state index < -0.39 is 0 Å². The third kappa shape index (κ3) is 2.06. The highest BCUT2D eigenvalue weighted by molar-refractivity contribution is 6.34. The van der Waals surface area contributed by atoms with Gasteiger partial charge in [0, 0.05) is 25.2 Å². The maximum Gasteiger partial charge on any atom is 0.222 e. The lowest BCUT2D eigenvalue weighted by Crippen LogP contribution is -2.25. The summed E-state index contributed by atoms with van der Waals surface area (Å²) in [5.41, 5.74) is 1.94. The van der Waals surface area contributed by atoms with Crippen LogP contribution in [0.3, 0.4) is 0 Å². The van der Waals surface area contributed by atoms with Gasteiger partial charge in [0.25, 0.3) is 0 Å². The molecule has 1 aliphatic rings. The zero-order valence-electron chi connectivity index (χ0n) is 11.6. The monoisotopic (exact) mass is 292 g/mol. The SMILES string of the molecule is CNC(=O)[C@@H]1CC[C@H](n2cc(C)c3c(Cl)ncnc32)C1. The Balaban J connectivity index is 1.96. The number of fused-ring (bicyclic) bond motifs is 1. The van der Waals surface area contributed by atoms with Crippen LogP contribution in [0, 0.1) is 12.8 Å². The fraction of sp³-hybridized carbons (Fsp3) is 0.500. The Morgan fingerprint density at radius 2 is 2.25 bits per heavy atom. The third-order valence-corrected chi connectivity index (χ3v) is 4.45. The van der Waals surface area contributed by atoms with Crippen molar-refractivity contribution in [2.45, 2.75) is 32.2 Å². The second-order valence-corrected chi connectivity index (χ2v) is 5.72. The standard InChI is InChI=1S/C14H17ClN4O/c1-8-6-19(13-11(8)12(15)17-7-18-13)10-4-3-9(5-10)14(20)16-2/h6-7,9-10H,3-5H2,1-2H3,(H,16,20)/t9-,10+/m1/s1. The zero-order chi connectivity index (χ0) is 14.3. The van der Waals surface area contributed by atoms with Crippen LogP contribution in [0.25, 0.3) is 11.0 Å². The molecule has 2 aromatic heterocycles. The van der Waals surface area contributed by atoms with Gasteiger partial charge in [-0.3, -0.25) is 4.79 Å². The van der Waals surface area contributed by atoms with Crippen molar-refractivity contribution < 1.29 is 4.79 Å². The van der Waals surface area contributed by atoms with Gasteiger partial charge in [0.1, 0.15) is 17.1 Å². The van der Waals surface area contributed by atoms with Crippen molar-refractivity contribution in [1.29, 1.82) is 0 Å². The number of halogens is 1. The number of hydrogen-bond acceptors (Lipinski definition) is 3. The van der Waals surface area contributed by atoms with E-state index >= 15 is 0 Å². The van der Waals surface area contributed by atoms with E-state index in [9.17, 15) is 4.79 Å². The molecule has 0 spiro atoms. The molecule has 5 nitrogen and oxygen atoms in total. The summed E-state index contributed by atoms with van der Waals surface area (Å²) >= 11 is 6.16. The van der Waals surface area contributed by atoms with Gasteiger partial charge in [0.05, 0.1) is 5.39 Å². The number of nitrogens with zero attached hydrogens (tertiary/aromatic N) is 3. The van der Waals surface area contributed by atoms with Crippen molar-refractivity contribution in [1.82, 2.24) is 19.9 Å². The largest absolute Gasteiger partial charge is 0.359 e. The van der Waals surface area contributed by atoms with E-state index in [0.717, 1.165) is 35.9 Å². The lowest BCUT2D eigenvalue weighted by Gasteiger charge is -2.13. The molecule has 2 heterocycles. The van der Waals surface area contributed by atoms with Gasteiger partial charge in [-0.25, -0.2) is 9.97 Å². The molecule has 106 valence electrons. The molecule has 1 saturated carbocycles. The highest BCUT2D eigenvalue weighted by Gasteiger charge is 2.31. The molecular weight excluding hydrogens is 276 g/mol. The van der Waals surface area contributed by atoms with E-state index in [1.54, 1.807) is 7.05 Å². The summed E-state index contributed by atoms with van der Waals surface area (Å²) in [4.78, 5) is 20.2. The topological polar surface area (TPSA) is 59.8 Å². The molecule has 1 N–H and O–H groups in total. The first-order chi connectivity index (χ1) is 9.61. The number of nitrogens with one attached hydrogen (secondary N) is 1. The van der Waals surface area contributed by atoms with Crippen molar-refractivity contribution in [3.05, 3.63) is 23.2 Å². The molecule has 2 aromatic rings. The average Bonchev–Trinajstić information content (AvgIpc) is 3.04. The first-order valence-electron chi connectivity index (χ1n) is 6.81. The lowest BCUT2D eigenvalue weighted by atomic mass is 10.1. The van der Waals surface area contributed by atoms with Crippen LogP contribution in [0.1, 0.15) is 30.9 Å². The number of carbonyl (C=O) groups is 1. The van der Waals surface area contributed by atoms with Gasteiger partial charge in [-0.15, -0.1) is 0 Å². The first-order valence-corrected chi connectivity index (χ1v) is 7.19. The summed E-state index contributed by atoms with van der Waals surface area (Å²) in [7, 11) is 1.69. The average molecular weight is 293 g/mol. The number of amides is 1. The van der Waals surface area contributed by atoms with Crippen molar-refractivity contribution in [2.75, 3.05) is 7.05 Å². The van der Waals surface area contributed by atoms with Gasteiger partial charge in [-0.1, -0.05) is 11.6 Å². The Kier molecular flexibility index (Phi) is 3.38. The summed E-state index contributed by atoms with van der Waals surface area (Å²) in [6, 6.07) is 0.305. The van der Waals surface area contributed by atoms with Gasteiger partial charge in [0.2, 0.25) is 5.91 Å². The van der Waals surface area contributed by atoms with Crippen molar-refractivity contribution in [2.24, 2.45) is 5.92 Å². The number of rotatable bonds is 2. The van der Waals surface area contributed by atoms with E-state index in [1.165, 1.54) is 6.33 Å². The fourth-order valence-corrected chi connectivity index (χ4v) is 3.43. The van der Waals surface area contributed by atoms with Crippen LogP contribution < -0.4 is 5.32 Å². The molecule has 0 aromatic carbocycles. The molecule has 0 saturated heterocycles. The smallest absolute Gasteiger partial charge is 0.222 e. The predicted molar refractivity (Wildman–Crippen MR) is 77.7 cm³/mol. The zero-order valence-corrected chi connectivity index (χ0v) is 12.3. The molecule has 1 amide bonds. The molecule has 6 heteroatoms. The Bertz CT molecular complexity index is 666. The fourth-order valence-electron chi connectivity index (χ4n) is 3.16. The Labute approximate surface area is 122 Å². The maximum absolute atomic E-state index is 11.7. The van der Waals surface area contributed by atoms with Crippen molar-refractivity contribution in [3.63, 3.8) is 0 Å². The highest BCUT2D eigenvalue weighted by atomic mass is 35.5. The molecule has 0 unspecified atom stereocenters. The summed E-state index contributed by atoms with van der Waals surface area (Å²) in [5.74, 6) is 0.230. The van der Waals surface area contributed by atoms with Crippen LogP contribution in [0.2, 0.25) is 5.15 Å². The van der Waals surface area contributed by atoms with Crippen LogP contribution in [0.4, 0.5) is 0 Å². The molecule has 0 radical (unpaired) electrons. The molecule has 20 heavy (non-hydrogen) atoms. The molecule has 2 atom stereocenters. The summed E-state index contributed by atoms with van der Waals surface area (Å²) in [5, 5.41) is 4.14. The van der Waals surface area contributed by atoms with Crippen molar-refractivity contribution in [3.8, 4) is 0 Å². The molecule has 1 fully saturated rings. The van der Waals surface area contributed by atoms with Gasteiger partial charge >= 0.3 is 0 Å². The molecule has 0 bridgehead atoms. The second kappa shape index (κ2) is 5.05. The molecular formula is C14H17ClN4O. The van der Waals surface area contributed by atoms with Crippen LogP contribution in [-0.4, -0.2) is 27.5 Å². The van der Waals surface area contributed by atoms with Crippen LogP contribution in [-0.2, 0) is 4.79 Å². The summed E-state index contributed by atoms with van der Waals surface area (Å²) in [6.45, 7) is 2.01. The minimum Gasteiger partial charge on any atom is -0.359 e. The number of aromatic nitrogens is 3. The Hall–Kier alpha value is -1.62. The van der Waals surface area contributed by atoms with Crippen LogP contribution in [0.15, 0.2) is 12.5 Å². The third-order valence-electron chi connectivity index (χ3n) is 4.17. The van der Waals surface area contributed by atoms with E-state index in [4.69, 9.17) is 11.6 Å². The quantitative estimate of drug-likeness (QED) is 0.865. The predicted octanol–water partition coefficient (Wildman–Crippen LogP) is 2.48. The van der Waals surface area contributed by atoms with Gasteiger partial charge < -0.3 is 9.88 Å². The van der Waals surface area contributed by atoms with Gasteiger partial charge in [0.15, 0.2) is 0 Å². The summed E-state index contributed by atoms with van der Waals surface area (Å²) < 4.78 is 2.15. The number of carbonyl (C=O) groups excluding carboxylic acids is 1. The maximum atomic E-state index is 11.7. The molecule has 3 rings (SSSR count). The Morgan fingerprint density at radius 3 is 3.00 bits per heavy atom. The molecule has 1 aliphatic carbocycles. The molecule has 0 aliphatic heterocycles. The second-order valence-electron chi connectivity index (χ2n) is 5.36. The first kappa shape index (κ1) is 13.4.